The second kappa shape index (κ2) is 13.3. The number of anilines is 1. The number of nitrogens with one attached hydrogen (secondary N) is 1. The van der Waals surface area contributed by atoms with Crippen molar-refractivity contribution in [1.29, 1.82) is 0 Å². The molecular weight excluding hydrogens is 578 g/mol. The van der Waals surface area contributed by atoms with Gasteiger partial charge in [-0.2, -0.15) is 0 Å². The van der Waals surface area contributed by atoms with Gasteiger partial charge in [0, 0.05) is 17.6 Å². The summed E-state index contributed by atoms with van der Waals surface area (Å²) >= 11 is 3.46. The van der Waals surface area contributed by atoms with Gasteiger partial charge in [0.2, 0.25) is 11.8 Å². The molecule has 0 saturated carbocycles. The molecular formula is C30H36BrN3O4S. The first-order chi connectivity index (χ1) is 18.4. The highest BCUT2D eigenvalue weighted by atomic mass is 79.9. The van der Waals surface area contributed by atoms with Gasteiger partial charge in [-0.1, -0.05) is 77.3 Å². The summed E-state index contributed by atoms with van der Waals surface area (Å²) in [6.45, 7) is 9.58. The largest absolute Gasteiger partial charge is 0.354 e. The van der Waals surface area contributed by atoms with E-state index < -0.39 is 28.5 Å². The number of sulfonamides is 1. The summed E-state index contributed by atoms with van der Waals surface area (Å²) in [5.74, 6) is -0.541. The summed E-state index contributed by atoms with van der Waals surface area (Å²) in [7, 11) is -4.08. The molecule has 39 heavy (non-hydrogen) atoms. The van der Waals surface area contributed by atoms with Gasteiger partial charge in [0.05, 0.1) is 10.6 Å². The van der Waals surface area contributed by atoms with Crippen LogP contribution >= 0.6 is 15.9 Å². The third-order valence-corrected chi connectivity index (χ3v) is 8.58. The van der Waals surface area contributed by atoms with Crippen molar-refractivity contribution >= 4 is 43.5 Å². The van der Waals surface area contributed by atoms with Crippen LogP contribution in [-0.2, 0) is 26.2 Å². The highest BCUT2D eigenvalue weighted by molar-refractivity contribution is 9.10. The van der Waals surface area contributed by atoms with E-state index in [-0.39, 0.29) is 23.3 Å². The number of nitrogens with zero attached hydrogens (tertiary/aromatic N) is 2. The molecule has 0 saturated heterocycles. The first-order valence-corrected chi connectivity index (χ1v) is 15.1. The molecule has 0 bridgehead atoms. The van der Waals surface area contributed by atoms with Gasteiger partial charge in [0.15, 0.2) is 0 Å². The Hall–Kier alpha value is -3.17. The van der Waals surface area contributed by atoms with Crippen molar-refractivity contribution in [2.45, 2.75) is 52.1 Å². The molecule has 0 heterocycles. The lowest BCUT2D eigenvalue weighted by atomic mass is 10.1. The SMILES string of the molecule is Cc1ccc(N(CC(=O)N(Cc2cccc(Br)c2)C(C)C(=O)NCC(C)C)S(=O)(=O)c2ccc(C)cc2)cc1. The first-order valence-electron chi connectivity index (χ1n) is 12.9. The topological polar surface area (TPSA) is 86.8 Å². The minimum Gasteiger partial charge on any atom is -0.354 e. The van der Waals surface area contributed by atoms with Crippen LogP contribution in [0.5, 0.6) is 0 Å². The van der Waals surface area contributed by atoms with E-state index >= 15 is 0 Å². The first kappa shape index (κ1) is 30.4. The average Bonchev–Trinajstić information content (AvgIpc) is 2.89. The summed E-state index contributed by atoms with van der Waals surface area (Å²) in [5.41, 5.74) is 3.07. The number of benzene rings is 3. The van der Waals surface area contributed by atoms with Crippen molar-refractivity contribution in [1.82, 2.24) is 10.2 Å². The van der Waals surface area contributed by atoms with Gasteiger partial charge >= 0.3 is 0 Å². The maximum Gasteiger partial charge on any atom is 0.264 e. The molecule has 0 aromatic heterocycles. The number of carbonyl (C=O) groups is 2. The van der Waals surface area contributed by atoms with Crippen molar-refractivity contribution in [3.8, 4) is 0 Å². The van der Waals surface area contributed by atoms with E-state index in [4.69, 9.17) is 0 Å². The van der Waals surface area contributed by atoms with Gasteiger partial charge in [-0.05, 0) is 68.7 Å². The van der Waals surface area contributed by atoms with Crippen molar-refractivity contribution in [3.63, 3.8) is 0 Å². The predicted octanol–water partition coefficient (Wildman–Crippen LogP) is 5.45. The van der Waals surface area contributed by atoms with Crippen LogP contribution in [0.15, 0.2) is 82.2 Å². The molecule has 0 radical (unpaired) electrons. The fourth-order valence-electron chi connectivity index (χ4n) is 3.94. The summed E-state index contributed by atoms with van der Waals surface area (Å²) < 4.78 is 29.6. The van der Waals surface area contributed by atoms with Crippen LogP contribution < -0.4 is 9.62 Å². The predicted molar refractivity (Wildman–Crippen MR) is 159 cm³/mol. The molecule has 9 heteroatoms. The molecule has 0 aliphatic rings. The molecule has 1 N–H and O–H groups in total. The van der Waals surface area contributed by atoms with E-state index in [1.165, 1.54) is 17.0 Å². The summed E-state index contributed by atoms with van der Waals surface area (Å²) in [5, 5.41) is 2.89. The Morgan fingerprint density at radius 2 is 1.49 bits per heavy atom. The number of rotatable bonds is 11. The molecule has 208 valence electrons. The minimum atomic E-state index is -4.08. The zero-order valence-corrected chi connectivity index (χ0v) is 25.4. The maximum absolute atomic E-state index is 13.9. The summed E-state index contributed by atoms with van der Waals surface area (Å²) in [6, 6.07) is 20.2. The molecule has 2 amide bonds. The van der Waals surface area contributed by atoms with Gasteiger partial charge < -0.3 is 10.2 Å². The van der Waals surface area contributed by atoms with E-state index in [9.17, 15) is 18.0 Å². The van der Waals surface area contributed by atoms with E-state index in [2.05, 4.69) is 21.2 Å². The van der Waals surface area contributed by atoms with Crippen molar-refractivity contribution < 1.29 is 18.0 Å². The number of halogens is 1. The second-order valence-corrected chi connectivity index (χ2v) is 12.9. The molecule has 3 aromatic rings. The van der Waals surface area contributed by atoms with E-state index in [0.717, 1.165) is 25.5 Å². The number of hydrogen-bond donors (Lipinski definition) is 1. The van der Waals surface area contributed by atoms with E-state index in [1.807, 2.05) is 52.0 Å². The van der Waals surface area contributed by atoms with Gasteiger partial charge in [0.1, 0.15) is 12.6 Å². The zero-order valence-electron chi connectivity index (χ0n) is 23.0. The molecule has 1 unspecified atom stereocenters. The molecule has 0 aliphatic heterocycles. The minimum absolute atomic E-state index is 0.0859. The number of carbonyl (C=O) groups excluding carboxylic acids is 2. The van der Waals surface area contributed by atoms with Gasteiger partial charge in [0.25, 0.3) is 10.0 Å². The Morgan fingerprint density at radius 1 is 0.897 bits per heavy atom. The van der Waals surface area contributed by atoms with Crippen LogP contribution in [0.4, 0.5) is 5.69 Å². The van der Waals surface area contributed by atoms with Crippen molar-refractivity contribution in [3.05, 3.63) is 94.0 Å². The van der Waals surface area contributed by atoms with Gasteiger partial charge in [-0.15, -0.1) is 0 Å². The Bertz CT molecular complexity index is 1390. The standard InChI is InChI=1S/C30H36BrN3O4S/c1-21(2)18-32-30(36)24(5)33(19-25-7-6-8-26(31)17-25)29(35)20-34(27-13-9-22(3)10-14-27)39(37,38)28-15-11-23(4)12-16-28/h6-17,21,24H,18-20H2,1-5H3,(H,32,36). The van der Waals surface area contributed by atoms with Crippen LogP contribution in [0.25, 0.3) is 0 Å². The lowest BCUT2D eigenvalue weighted by Crippen LogP contribution is -2.51. The Labute approximate surface area is 240 Å². The lowest BCUT2D eigenvalue weighted by Gasteiger charge is -2.32. The molecule has 0 aliphatic carbocycles. The van der Waals surface area contributed by atoms with Gasteiger partial charge in [-0.25, -0.2) is 8.42 Å². The molecule has 1 atom stereocenters. The number of hydrogen-bond acceptors (Lipinski definition) is 4. The third-order valence-electron chi connectivity index (χ3n) is 6.30. The van der Waals surface area contributed by atoms with Gasteiger partial charge in [-0.3, -0.25) is 13.9 Å². The molecule has 0 spiro atoms. The number of amides is 2. The highest BCUT2D eigenvalue weighted by Crippen LogP contribution is 2.25. The average molecular weight is 615 g/mol. The van der Waals surface area contributed by atoms with Crippen LogP contribution in [0.2, 0.25) is 0 Å². The lowest BCUT2D eigenvalue weighted by molar-refractivity contribution is -0.139. The fraction of sp³-hybridized carbons (Fsp3) is 0.333. The zero-order chi connectivity index (χ0) is 28.7. The van der Waals surface area contributed by atoms with E-state index in [1.54, 1.807) is 43.3 Å². The van der Waals surface area contributed by atoms with Crippen LogP contribution in [-0.4, -0.2) is 44.3 Å². The summed E-state index contributed by atoms with van der Waals surface area (Å²) in [6.07, 6.45) is 0. The Morgan fingerprint density at radius 3 is 2.05 bits per heavy atom. The fourth-order valence-corrected chi connectivity index (χ4v) is 5.81. The normalized spacial score (nSPS) is 12.2. The molecule has 0 fully saturated rings. The van der Waals surface area contributed by atoms with Crippen LogP contribution in [0, 0.1) is 19.8 Å². The quantitative estimate of drug-likeness (QED) is 0.311. The Kier molecular flexibility index (Phi) is 10.3. The molecule has 3 aromatic carbocycles. The van der Waals surface area contributed by atoms with E-state index in [0.29, 0.717) is 12.2 Å². The maximum atomic E-state index is 13.9. The van der Waals surface area contributed by atoms with Crippen LogP contribution in [0.3, 0.4) is 0 Å². The van der Waals surface area contributed by atoms with Crippen molar-refractivity contribution in [2.75, 3.05) is 17.4 Å². The monoisotopic (exact) mass is 613 g/mol. The summed E-state index contributed by atoms with van der Waals surface area (Å²) in [4.78, 5) is 28.5. The molecule has 3 rings (SSSR count). The second-order valence-electron chi connectivity index (χ2n) is 10.1. The number of aryl methyl sites for hydroxylation is 2. The Balaban J connectivity index is 2.01. The third kappa shape index (κ3) is 8.16. The highest BCUT2D eigenvalue weighted by Gasteiger charge is 2.32. The van der Waals surface area contributed by atoms with Crippen LogP contribution in [0.1, 0.15) is 37.5 Å². The van der Waals surface area contributed by atoms with Crippen molar-refractivity contribution in [2.24, 2.45) is 5.92 Å². The molecule has 7 nitrogen and oxygen atoms in total. The smallest absolute Gasteiger partial charge is 0.264 e.